The van der Waals surface area contributed by atoms with Gasteiger partial charge in [0, 0.05) is 17.9 Å². The predicted molar refractivity (Wildman–Crippen MR) is 80.3 cm³/mol. The van der Waals surface area contributed by atoms with E-state index in [1.54, 1.807) is 35.7 Å². The number of rotatable bonds is 6. The van der Waals surface area contributed by atoms with Gasteiger partial charge in [-0.05, 0) is 35.7 Å². The molecule has 0 aliphatic heterocycles. The third-order valence-electron chi connectivity index (χ3n) is 2.35. The first-order valence-corrected chi connectivity index (χ1v) is 7.99. The predicted octanol–water partition coefficient (Wildman–Crippen LogP) is 3.15. The van der Waals surface area contributed by atoms with Crippen LogP contribution in [0.25, 0.3) is 0 Å². The van der Waals surface area contributed by atoms with Crippen LogP contribution in [0.15, 0.2) is 58.6 Å². The quantitative estimate of drug-likeness (QED) is 0.805. The van der Waals surface area contributed by atoms with Gasteiger partial charge in [-0.25, -0.2) is 8.42 Å². The summed E-state index contributed by atoms with van der Waals surface area (Å²) in [6.45, 7) is 4.28. The number of sulfonamides is 1. The molecule has 0 spiro atoms. The molecule has 1 aromatic heterocycles. The minimum absolute atomic E-state index is 0.307. The van der Waals surface area contributed by atoms with Crippen LogP contribution >= 0.6 is 11.3 Å². The fraction of sp³-hybridized carbons (Fsp3) is 0.0769. The second kappa shape index (κ2) is 5.90. The van der Waals surface area contributed by atoms with Gasteiger partial charge in [0.05, 0.1) is 0 Å². The topological polar surface area (TPSA) is 58.2 Å². The lowest BCUT2D eigenvalue weighted by Gasteiger charge is -2.08. The maximum Gasteiger partial charge on any atom is 0.271 e. The highest BCUT2D eigenvalue weighted by Gasteiger charge is 2.14. The van der Waals surface area contributed by atoms with Gasteiger partial charge >= 0.3 is 0 Å². The third kappa shape index (κ3) is 3.59. The number of hydrogen-bond donors (Lipinski definition) is 2. The maximum absolute atomic E-state index is 12.0. The Hall–Kier alpha value is -1.79. The zero-order valence-corrected chi connectivity index (χ0v) is 11.8. The Bertz CT molecular complexity index is 632. The molecule has 0 radical (unpaired) electrons. The summed E-state index contributed by atoms with van der Waals surface area (Å²) in [5, 5.41) is 4.85. The molecule has 0 amide bonds. The van der Waals surface area contributed by atoms with Crippen molar-refractivity contribution in [1.82, 2.24) is 0 Å². The molecule has 2 rings (SSSR count). The maximum atomic E-state index is 12.0. The third-order valence-corrected chi connectivity index (χ3v) is 5.13. The van der Waals surface area contributed by atoms with E-state index in [-0.39, 0.29) is 0 Å². The zero-order chi connectivity index (χ0) is 13.7. The van der Waals surface area contributed by atoms with Crippen LogP contribution in [0, 0.1) is 0 Å². The highest BCUT2D eigenvalue weighted by molar-refractivity contribution is 7.94. The zero-order valence-electron chi connectivity index (χ0n) is 10.2. The van der Waals surface area contributed by atoms with Crippen molar-refractivity contribution in [3.8, 4) is 0 Å². The fourth-order valence-electron chi connectivity index (χ4n) is 1.47. The van der Waals surface area contributed by atoms with Crippen LogP contribution in [0.4, 0.5) is 11.4 Å². The first-order chi connectivity index (χ1) is 9.12. The molecule has 1 heterocycles. The van der Waals surface area contributed by atoms with Crippen molar-refractivity contribution in [1.29, 1.82) is 0 Å². The molecule has 100 valence electrons. The van der Waals surface area contributed by atoms with Gasteiger partial charge in [0.2, 0.25) is 0 Å². The van der Waals surface area contributed by atoms with E-state index in [9.17, 15) is 8.42 Å². The van der Waals surface area contributed by atoms with Crippen LogP contribution in [-0.4, -0.2) is 15.0 Å². The summed E-state index contributed by atoms with van der Waals surface area (Å²) in [4.78, 5) is 0. The Morgan fingerprint density at radius 1 is 1.16 bits per heavy atom. The molecule has 4 nitrogen and oxygen atoms in total. The molecule has 0 aliphatic rings. The summed E-state index contributed by atoms with van der Waals surface area (Å²) in [5.74, 6) is 0. The van der Waals surface area contributed by atoms with Gasteiger partial charge in [-0.1, -0.05) is 12.1 Å². The van der Waals surface area contributed by atoms with Gasteiger partial charge < -0.3 is 5.32 Å². The van der Waals surface area contributed by atoms with Crippen LogP contribution in [0.5, 0.6) is 0 Å². The van der Waals surface area contributed by atoms with Gasteiger partial charge in [-0.3, -0.25) is 4.72 Å². The SMILES string of the molecule is C=CCNc1ccc(NS(=O)(=O)c2cccs2)cc1. The molecule has 2 N–H and O–H groups in total. The van der Waals surface area contributed by atoms with E-state index in [2.05, 4.69) is 16.6 Å². The summed E-state index contributed by atoms with van der Waals surface area (Å²) in [6, 6.07) is 10.4. The van der Waals surface area contributed by atoms with Gasteiger partial charge in [-0.2, -0.15) is 0 Å². The molecule has 0 saturated carbocycles. The number of anilines is 2. The Labute approximate surface area is 116 Å². The number of nitrogens with one attached hydrogen (secondary N) is 2. The van der Waals surface area contributed by atoms with Crippen molar-refractivity contribution < 1.29 is 8.42 Å². The lowest BCUT2D eigenvalue weighted by atomic mass is 10.3. The molecule has 0 unspecified atom stereocenters. The highest BCUT2D eigenvalue weighted by Crippen LogP contribution is 2.21. The minimum Gasteiger partial charge on any atom is -0.382 e. The van der Waals surface area contributed by atoms with Gasteiger partial charge in [-0.15, -0.1) is 17.9 Å². The summed E-state index contributed by atoms with van der Waals surface area (Å²) in [6.07, 6.45) is 1.76. The lowest BCUT2D eigenvalue weighted by Crippen LogP contribution is -2.11. The van der Waals surface area contributed by atoms with Crippen molar-refractivity contribution in [2.75, 3.05) is 16.6 Å². The van der Waals surface area contributed by atoms with E-state index in [4.69, 9.17) is 0 Å². The molecule has 1 aromatic carbocycles. The smallest absolute Gasteiger partial charge is 0.271 e. The van der Waals surface area contributed by atoms with E-state index in [0.29, 0.717) is 16.4 Å². The monoisotopic (exact) mass is 294 g/mol. The Morgan fingerprint density at radius 2 is 1.84 bits per heavy atom. The largest absolute Gasteiger partial charge is 0.382 e. The average Bonchev–Trinajstić information content (AvgIpc) is 2.92. The Kier molecular flexibility index (Phi) is 4.24. The molecule has 2 aromatic rings. The first kappa shape index (κ1) is 13.6. The van der Waals surface area contributed by atoms with Crippen molar-refractivity contribution in [2.45, 2.75) is 4.21 Å². The van der Waals surface area contributed by atoms with E-state index in [1.165, 1.54) is 11.3 Å². The Morgan fingerprint density at radius 3 is 2.42 bits per heavy atom. The fourth-order valence-corrected chi connectivity index (χ4v) is 3.52. The molecule has 0 bridgehead atoms. The Balaban J connectivity index is 2.09. The number of hydrogen-bond acceptors (Lipinski definition) is 4. The highest BCUT2D eigenvalue weighted by atomic mass is 32.2. The summed E-state index contributed by atoms with van der Waals surface area (Å²) >= 11 is 1.19. The minimum atomic E-state index is -3.47. The summed E-state index contributed by atoms with van der Waals surface area (Å²) in [5.41, 5.74) is 1.46. The van der Waals surface area contributed by atoms with Crippen molar-refractivity contribution >= 4 is 32.7 Å². The molecule has 0 aliphatic carbocycles. The number of thiophene rings is 1. The van der Waals surface area contributed by atoms with Gasteiger partial charge in [0.15, 0.2) is 0 Å². The summed E-state index contributed by atoms with van der Waals surface area (Å²) < 4.78 is 26.8. The van der Waals surface area contributed by atoms with Crippen molar-refractivity contribution in [3.05, 3.63) is 54.4 Å². The van der Waals surface area contributed by atoms with Crippen molar-refractivity contribution in [2.24, 2.45) is 0 Å². The number of benzene rings is 1. The molecule has 0 atom stereocenters. The van der Waals surface area contributed by atoms with E-state index < -0.39 is 10.0 Å². The molecule has 0 fully saturated rings. The molecule has 0 saturated heterocycles. The van der Waals surface area contributed by atoms with E-state index >= 15 is 0 Å². The van der Waals surface area contributed by atoms with E-state index in [1.807, 2.05) is 12.1 Å². The van der Waals surface area contributed by atoms with Gasteiger partial charge in [0.25, 0.3) is 10.0 Å². The standard InChI is InChI=1S/C13H14N2O2S2/c1-2-9-14-11-5-7-12(8-6-11)15-19(16,17)13-4-3-10-18-13/h2-8,10,14-15H,1,9H2. The molecule has 6 heteroatoms. The second-order valence-corrected chi connectivity index (χ2v) is 6.64. The van der Waals surface area contributed by atoms with Crippen LogP contribution in [0.3, 0.4) is 0 Å². The molecular formula is C13H14N2O2S2. The van der Waals surface area contributed by atoms with Crippen LogP contribution in [0.2, 0.25) is 0 Å². The second-order valence-electron chi connectivity index (χ2n) is 3.78. The lowest BCUT2D eigenvalue weighted by molar-refractivity contribution is 0.603. The first-order valence-electron chi connectivity index (χ1n) is 5.63. The average molecular weight is 294 g/mol. The molecule has 19 heavy (non-hydrogen) atoms. The molecular weight excluding hydrogens is 280 g/mol. The van der Waals surface area contributed by atoms with Gasteiger partial charge in [0.1, 0.15) is 4.21 Å². The van der Waals surface area contributed by atoms with Crippen LogP contribution in [0.1, 0.15) is 0 Å². The van der Waals surface area contributed by atoms with Crippen molar-refractivity contribution in [3.63, 3.8) is 0 Å². The van der Waals surface area contributed by atoms with Crippen LogP contribution < -0.4 is 10.0 Å². The normalized spacial score (nSPS) is 10.9. The van der Waals surface area contributed by atoms with Crippen LogP contribution in [-0.2, 0) is 10.0 Å². The van der Waals surface area contributed by atoms with E-state index in [0.717, 1.165) is 5.69 Å². The summed E-state index contributed by atoms with van der Waals surface area (Å²) in [7, 11) is -3.47.